The van der Waals surface area contributed by atoms with Crippen LogP contribution in [-0.2, 0) is 4.74 Å². The fraction of sp³-hybridized carbons (Fsp3) is 0.684. The Morgan fingerprint density at radius 2 is 1.76 bits per heavy atom. The van der Waals surface area contributed by atoms with Gasteiger partial charge in [-0.25, -0.2) is 0 Å². The molecule has 0 bridgehead atoms. The topological polar surface area (TPSA) is 29.5 Å². The van der Waals surface area contributed by atoms with Crippen molar-refractivity contribution in [2.75, 3.05) is 6.61 Å². The minimum absolute atomic E-state index is 0.356. The van der Waals surface area contributed by atoms with Gasteiger partial charge in [-0.2, -0.15) is 0 Å². The zero-order valence-corrected chi connectivity index (χ0v) is 13.2. The molecule has 1 N–H and O–H groups in total. The van der Waals surface area contributed by atoms with Gasteiger partial charge in [0.25, 0.3) is 0 Å². The number of benzene rings is 1. The lowest BCUT2D eigenvalue weighted by molar-refractivity contribution is -0.141. The van der Waals surface area contributed by atoms with Crippen LogP contribution < -0.4 is 0 Å². The Hall–Kier alpha value is -0.860. The summed E-state index contributed by atoms with van der Waals surface area (Å²) < 4.78 is 6.05. The van der Waals surface area contributed by atoms with Crippen molar-refractivity contribution in [2.45, 2.75) is 75.9 Å². The first-order valence-electron chi connectivity index (χ1n) is 8.67. The lowest BCUT2D eigenvalue weighted by Gasteiger charge is -2.41. The third-order valence-corrected chi connectivity index (χ3v) is 5.46. The summed E-state index contributed by atoms with van der Waals surface area (Å²) >= 11 is 0. The second-order valence-electron chi connectivity index (χ2n) is 6.76. The summed E-state index contributed by atoms with van der Waals surface area (Å²) in [5, 5.41) is 10.9. The quantitative estimate of drug-likeness (QED) is 0.849. The molecule has 0 amide bonds. The monoisotopic (exact) mass is 288 g/mol. The standard InChI is InChI=1S/C19H28O2/c1-2-21-19(13-4-3-5-14-19)18(20)17-11-9-16(10-12-17)15-7-6-8-15/h9-12,15,18,20H,2-8,13-14H2,1H3. The van der Waals surface area contributed by atoms with Crippen molar-refractivity contribution in [1.82, 2.24) is 0 Å². The Morgan fingerprint density at radius 1 is 1.10 bits per heavy atom. The van der Waals surface area contributed by atoms with Crippen LogP contribution in [0.5, 0.6) is 0 Å². The molecule has 2 aliphatic carbocycles. The molecule has 2 saturated carbocycles. The number of ether oxygens (including phenoxy) is 1. The summed E-state index contributed by atoms with van der Waals surface area (Å²) in [5.41, 5.74) is 2.10. The van der Waals surface area contributed by atoms with Crippen molar-refractivity contribution in [1.29, 1.82) is 0 Å². The molecule has 116 valence electrons. The molecule has 1 atom stereocenters. The Labute approximate surface area is 128 Å². The van der Waals surface area contributed by atoms with E-state index in [0.29, 0.717) is 6.61 Å². The summed E-state index contributed by atoms with van der Waals surface area (Å²) in [6.45, 7) is 2.71. The van der Waals surface area contributed by atoms with E-state index in [-0.39, 0.29) is 5.60 Å². The van der Waals surface area contributed by atoms with E-state index in [4.69, 9.17) is 4.74 Å². The van der Waals surface area contributed by atoms with Gasteiger partial charge in [-0.15, -0.1) is 0 Å². The van der Waals surface area contributed by atoms with E-state index in [2.05, 4.69) is 24.3 Å². The summed E-state index contributed by atoms with van der Waals surface area (Å²) in [7, 11) is 0. The van der Waals surface area contributed by atoms with Gasteiger partial charge in [0.05, 0.1) is 5.60 Å². The van der Waals surface area contributed by atoms with Crippen LogP contribution in [0.3, 0.4) is 0 Å². The molecule has 2 fully saturated rings. The minimum Gasteiger partial charge on any atom is -0.385 e. The maximum absolute atomic E-state index is 10.9. The third-order valence-electron chi connectivity index (χ3n) is 5.46. The Morgan fingerprint density at radius 3 is 2.29 bits per heavy atom. The van der Waals surface area contributed by atoms with Crippen molar-refractivity contribution in [2.24, 2.45) is 0 Å². The molecule has 0 heterocycles. The molecule has 1 aromatic rings. The minimum atomic E-state index is -0.492. The predicted molar refractivity (Wildman–Crippen MR) is 85.4 cm³/mol. The first kappa shape index (κ1) is 15.1. The highest BCUT2D eigenvalue weighted by atomic mass is 16.5. The van der Waals surface area contributed by atoms with Crippen LogP contribution in [0.1, 0.15) is 81.4 Å². The van der Waals surface area contributed by atoms with Crippen LogP contribution in [0.2, 0.25) is 0 Å². The first-order valence-corrected chi connectivity index (χ1v) is 8.67. The summed E-state index contributed by atoms with van der Waals surface area (Å²) in [6, 6.07) is 8.66. The van der Waals surface area contributed by atoms with Crippen LogP contribution in [0.15, 0.2) is 24.3 Å². The lowest BCUT2D eigenvalue weighted by atomic mass is 9.77. The van der Waals surface area contributed by atoms with Gasteiger partial charge in [-0.05, 0) is 49.7 Å². The second-order valence-corrected chi connectivity index (χ2v) is 6.76. The highest BCUT2D eigenvalue weighted by molar-refractivity contribution is 5.29. The van der Waals surface area contributed by atoms with Crippen LogP contribution in [0.4, 0.5) is 0 Å². The molecule has 21 heavy (non-hydrogen) atoms. The van der Waals surface area contributed by atoms with Crippen molar-refractivity contribution in [3.05, 3.63) is 35.4 Å². The van der Waals surface area contributed by atoms with E-state index in [1.54, 1.807) is 0 Å². The van der Waals surface area contributed by atoms with E-state index in [1.807, 2.05) is 6.92 Å². The number of hydrogen-bond donors (Lipinski definition) is 1. The molecule has 1 aromatic carbocycles. The van der Waals surface area contributed by atoms with Gasteiger partial charge in [0, 0.05) is 6.61 Å². The summed E-state index contributed by atoms with van der Waals surface area (Å²) in [6.07, 6.45) is 9.07. The van der Waals surface area contributed by atoms with Crippen molar-refractivity contribution >= 4 is 0 Å². The number of aliphatic hydroxyl groups excluding tert-OH is 1. The molecule has 0 saturated heterocycles. The van der Waals surface area contributed by atoms with Crippen LogP contribution in [0, 0.1) is 0 Å². The number of hydrogen-bond acceptors (Lipinski definition) is 2. The highest BCUT2D eigenvalue weighted by Gasteiger charge is 2.40. The zero-order chi connectivity index (χ0) is 14.7. The first-order chi connectivity index (χ1) is 10.2. The maximum atomic E-state index is 10.9. The van der Waals surface area contributed by atoms with Gasteiger partial charge in [0.1, 0.15) is 6.10 Å². The van der Waals surface area contributed by atoms with E-state index in [9.17, 15) is 5.11 Å². The van der Waals surface area contributed by atoms with Crippen molar-refractivity contribution in [3.63, 3.8) is 0 Å². The molecule has 2 heteroatoms. The molecule has 3 rings (SSSR count). The van der Waals surface area contributed by atoms with Gasteiger partial charge in [-0.1, -0.05) is 49.9 Å². The number of rotatable bonds is 5. The smallest absolute Gasteiger partial charge is 0.108 e. The zero-order valence-electron chi connectivity index (χ0n) is 13.2. The van der Waals surface area contributed by atoms with Gasteiger partial charge >= 0.3 is 0 Å². The molecule has 2 aliphatic rings. The average molecular weight is 288 g/mol. The third kappa shape index (κ3) is 3.02. The Kier molecular flexibility index (Phi) is 4.66. The van der Waals surface area contributed by atoms with Gasteiger partial charge in [0.2, 0.25) is 0 Å². The largest absolute Gasteiger partial charge is 0.385 e. The fourth-order valence-corrected chi connectivity index (χ4v) is 3.93. The van der Waals surface area contributed by atoms with Crippen molar-refractivity contribution < 1.29 is 9.84 Å². The predicted octanol–water partition coefficient (Wildman–Crippen LogP) is 4.73. The summed E-state index contributed by atoms with van der Waals surface area (Å²) in [4.78, 5) is 0. The molecule has 1 unspecified atom stereocenters. The normalized spacial score (nSPS) is 23.5. The molecule has 0 aromatic heterocycles. The SMILES string of the molecule is CCOC1(C(O)c2ccc(C3CCC3)cc2)CCCCC1. The van der Waals surface area contributed by atoms with E-state index < -0.39 is 6.10 Å². The molecular weight excluding hydrogens is 260 g/mol. The fourth-order valence-electron chi connectivity index (χ4n) is 3.93. The van der Waals surface area contributed by atoms with Crippen molar-refractivity contribution in [3.8, 4) is 0 Å². The van der Waals surface area contributed by atoms with Gasteiger partial charge in [0.15, 0.2) is 0 Å². The number of aliphatic hydroxyl groups is 1. The van der Waals surface area contributed by atoms with E-state index in [0.717, 1.165) is 37.2 Å². The Balaban J connectivity index is 1.76. The van der Waals surface area contributed by atoms with E-state index >= 15 is 0 Å². The molecule has 0 aliphatic heterocycles. The molecule has 0 spiro atoms. The molecule has 0 radical (unpaired) electrons. The van der Waals surface area contributed by atoms with Crippen LogP contribution in [0.25, 0.3) is 0 Å². The average Bonchev–Trinajstić information content (AvgIpc) is 2.47. The summed E-state index contributed by atoms with van der Waals surface area (Å²) in [5.74, 6) is 0.756. The second kappa shape index (κ2) is 6.50. The van der Waals surface area contributed by atoms with Gasteiger partial charge < -0.3 is 9.84 Å². The molecule has 2 nitrogen and oxygen atoms in total. The van der Waals surface area contributed by atoms with Crippen LogP contribution >= 0.6 is 0 Å². The Bertz CT molecular complexity index is 436. The van der Waals surface area contributed by atoms with E-state index in [1.165, 1.54) is 31.2 Å². The van der Waals surface area contributed by atoms with Gasteiger partial charge in [-0.3, -0.25) is 0 Å². The maximum Gasteiger partial charge on any atom is 0.108 e. The van der Waals surface area contributed by atoms with Crippen LogP contribution in [-0.4, -0.2) is 17.3 Å². The molecular formula is C19H28O2. The highest BCUT2D eigenvalue weighted by Crippen LogP contribution is 2.42. The lowest BCUT2D eigenvalue weighted by Crippen LogP contribution is -2.41.